The van der Waals surface area contributed by atoms with E-state index in [0.717, 1.165) is 11.1 Å². The molecule has 3 N–H and O–H groups in total. The number of aromatic carboxylic acids is 1. The van der Waals surface area contributed by atoms with Crippen LogP contribution in [0.1, 0.15) is 28.1 Å². The van der Waals surface area contributed by atoms with E-state index >= 15 is 0 Å². The third-order valence-corrected chi connectivity index (χ3v) is 7.10. The van der Waals surface area contributed by atoms with Gasteiger partial charge in [0.2, 0.25) is 5.91 Å². The van der Waals surface area contributed by atoms with E-state index in [1.807, 2.05) is 30.3 Å². The summed E-state index contributed by atoms with van der Waals surface area (Å²) in [6.07, 6.45) is 0.856. The van der Waals surface area contributed by atoms with E-state index in [-0.39, 0.29) is 30.0 Å². The van der Waals surface area contributed by atoms with Crippen molar-refractivity contribution < 1.29 is 28.6 Å². The van der Waals surface area contributed by atoms with Crippen molar-refractivity contribution in [1.29, 1.82) is 0 Å². The number of ether oxygens (including phenoxy) is 1. The molecule has 0 saturated carbocycles. The number of benzene rings is 2. The molecule has 10 heteroatoms. The quantitative estimate of drug-likeness (QED) is 0.488. The van der Waals surface area contributed by atoms with Gasteiger partial charge < -0.3 is 24.9 Å². The molecule has 37 heavy (non-hydrogen) atoms. The summed E-state index contributed by atoms with van der Waals surface area (Å²) < 4.78 is 10.8. The zero-order valence-electron chi connectivity index (χ0n) is 20.0. The number of halogens is 2. The zero-order valence-corrected chi connectivity index (χ0v) is 21.5. The van der Waals surface area contributed by atoms with Gasteiger partial charge in [0.1, 0.15) is 29.7 Å². The minimum absolute atomic E-state index is 0.0439. The van der Waals surface area contributed by atoms with E-state index in [9.17, 15) is 14.4 Å². The number of likely N-dealkylation sites (tertiary alicyclic amines) is 1. The molecule has 3 unspecified atom stereocenters. The van der Waals surface area contributed by atoms with Crippen molar-refractivity contribution in [2.75, 3.05) is 13.2 Å². The minimum Gasteiger partial charge on any atom is -0.478 e. The van der Waals surface area contributed by atoms with E-state index in [4.69, 9.17) is 43.2 Å². The van der Waals surface area contributed by atoms with E-state index in [2.05, 4.69) is 0 Å². The smallest absolute Gasteiger partial charge is 0.339 e. The molecular weight excluding hydrogens is 519 g/mol. The summed E-state index contributed by atoms with van der Waals surface area (Å²) in [5, 5.41) is 9.76. The molecule has 8 nitrogen and oxygen atoms in total. The molecule has 2 aliphatic heterocycles. The highest BCUT2D eigenvalue weighted by atomic mass is 35.5. The molecule has 5 rings (SSSR count). The van der Waals surface area contributed by atoms with Gasteiger partial charge in [0.05, 0.1) is 22.2 Å². The minimum atomic E-state index is -0.960. The number of hydrogen-bond acceptors (Lipinski definition) is 6. The Kier molecular flexibility index (Phi) is 8.34. The molecule has 0 radical (unpaired) electrons. The Bertz CT molecular complexity index is 1310. The zero-order chi connectivity index (χ0) is 26.7. The maximum Gasteiger partial charge on any atom is 0.339 e. The standard InChI is InChI=1S/C15H16Cl2N2O3.C12H10O3/c16-9-2-1-8(5-10(9)17)6-11(18)15(21)19-4-3-13-14(19)12(20)7-22-13;1-8-10(12(13)14)7-11(15-8)9-5-3-2-4-6-9/h1-2,5,11,13-14H,3-4,6-7,18H2;2-7H,1H3,(H,13,14). The highest BCUT2D eigenvalue weighted by Crippen LogP contribution is 2.28. The van der Waals surface area contributed by atoms with Gasteiger partial charge in [0, 0.05) is 12.1 Å². The number of carboxylic acid groups (broad SMARTS) is 1. The van der Waals surface area contributed by atoms with Gasteiger partial charge >= 0.3 is 5.97 Å². The van der Waals surface area contributed by atoms with Crippen molar-refractivity contribution in [2.45, 2.75) is 38.0 Å². The number of hydrogen-bond donors (Lipinski definition) is 2. The van der Waals surface area contributed by atoms with Gasteiger partial charge in [-0.25, -0.2) is 4.79 Å². The van der Waals surface area contributed by atoms with Crippen molar-refractivity contribution in [1.82, 2.24) is 4.90 Å². The van der Waals surface area contributed by atoms with Gasteiger partial charge in [0.25, 0.3) is 0 Å². The summed E-state index contributed by atoms with van der Waals surface area (Å²) in [5.41, 5.74) is 7.96. The largest absolute Gasteiger partial charge is 0.478 e. The molecule has 0 spiro atoms. The van der Waals surface area contributed by atoms with Crippen molar-refractivity contribution in [3.05, 3.63) is 81.5 Å². The van der Waals surface area contributed by atoms with E-state index in [1.54, 1.807) is 36.1 Å². The Morgan fingerprint density at radius 1 is 1.14 bits per heavy atom. The first-order valence-corrected chi connectivity index (χ1v) is 12.4. The first-order valence-electron chi connectivity index (χ1n) is 11.7. The Morgan fingerprint density at radius 2 is 1.86 bits per heavy atom. The summed E-state index contributed by atoms with van der Waals surface area (Å²) in [6.45, 7) is 2.24. The number of fused-ring (bicyclic) bond motifs is 1. The number of nitrogens with zero attached hydrogens (tertiary/aromatic N) is 1. The summed E-state index contributed by atoms with van der Waals surface area (Å²) >= 11 is 11.8. The molecule has 2 fully saturated rings. The lowest BCUT2D eigenvalue weighted by atomic mass is 10.0. The fraction of sp³-hybridized carbons (Fsp3) is 0.296. The summed E-state index contributed by atoms with van der Waals surface area (Å²) in [7, 11) is 0. The van der Waals surface area contributed by atoms with Crippen molar-refractivity contribution in [3.8, 4) is 11.3 Å². The molecule has 3 atom stereocenters. The third kappa shape index (κ3) is 6.05. The predicted molar refractivity (Wildman–Crippen MR) is 139 cm³/mol. The van der Waals surface area contributed by atoms with Gasteiger partial charge in [-0.05, 0) is 43.5 Å². The maximum atomic E-state index is 12.5. The second-order valence-corrected chi connectivity index (χ2v) is 9.71. The van der Waals surface area contributed by atoms with Crippen LogP contribution in [0.3, 0.4) is 0 Å². The topological polar surface area (TPSA) is 123 Å². The number of ketones is 1. The summed E-state index contributed by atoms with van der Waals surface area (Å²) in [4.78, 5) is 36.7. The molecule has 2 aliphatic rings. The van der Waals surface area contributed by atoms with Gasteiger partial charge in [-0.15, -0.1) is 0 Å². The lowest BCUT2D eigenvalue weighted by Gasteiger charge is -2.25. The van der Waals surface area contributed by atoms with Gasteiger partial charge in [-0.1, -0.05) is 59.6 Å². The maximum absolute atomic E-state index is 12.5. The molecule has 3 heterocycles. The van der Waals surface area contributed by atoms with Gasteiger partial charge in [-0.2, -0.15) is 0 Å². The molecule has 3 aromatic rings. The van der Waals surface area contributed by atoms with Crippen molar-refractivity contribution in [2.24, 2.45) is 5.73 Å². The Morgan fingerprint density at radius 3 is 2.51 bits per heavy atom. The number of aryl methyl sites for hydroxylation is 1. The van der Waals surface area contributed by atoms with Gasteiger partial charge in [-0.3, -0.25) is 9.59 Å². The average molecular weight is 545 g/mol. The van der Waals surface area contributed by atoms with Crippen LogP contribution in [0, 0.1) is 6.92 Å². The molecule has 0 bridgehead atoms. The molecule has 194 valence electrons. The molecule has 1 amide bonds. The number of carboxylic acids is 1. The van der Waals surface area contributed by atoms with Crippen LogP contribution in [-0.2, 0) is 20.7 Å². The second-order valence-electron chi connectivity index (χ2n) is 8.89. The highest BCUT2D eigenvalue weighted by Gasteiger charge is 2.47. The van der Waals surface area contributed by atoms with Crippen LogP contribution in [0.2, 0.25) is 10.0 Å². The van der Waals surface area contributed by atoms with E-state index in [0.29, 0.717) is 41.0 Å². The average Bonchev–Trinajstić information content (AvgIpc) is 3.58. The van der Waals surface area contributed by atoms with E-state index < -0.39 is 18.1 Å². The SMILES string of the molecule is Cc1oc(-c2ccccc2)cc1C(=O)O.NC(Cc1ccc(Cl)c(Cl)c1)C(=O)N1CCC2OCC(=O)C21. The van der Waals surface area contributed by atoms with Crippen LogP contribution in [0.4, 0.5) is 0 Å². The predicted octanol–water partition coefficient (Wildman–Crippen LogP) is 4.39. The first-order chi connectivity index (χ1) is 17.7. The van der Waals surface area contributed by atoms with Crippen LogP contribution in [-0.4, -0.2) is 59.0 Å². The lowest BCUT2D eigenvalue weighted by Crippen LogP contribution is -2.50. The van der Waals surface area contributed by atoms with Crippen LogP contribution >= 0.6 is 23.2 Å². The Hall–Kier alpha value is -3.17. The molecule has 0 aliphatic carbocycles. The van der Waals surface area contributed by atoms with Crippen molar-refractivity contribution in [3.63, 3.8) is 0 Å². The molecule has 2 saturated heterocycles. The number of Topliss-reactive ketones (excluding diaryl/α,β-unsaturated/α-hetero) is 1. The van der Waals surface area contributed by atoms with Crippen LogP contribution < -0.4 is 5.73 Å². The van der Waals surface area contributed by atoms with Crippen LogP contribution in [0.5, 0.6) is 0 Å². The Balaban J connectivity index is 0.000000186. The summed E-state index contributed by atoms with van der Waals surface area (Å²) in [5.74, 6) is -0.208. The highest BCUT2D eigenvalue weighted by molar-refractivity contribution is 6.42. The number of rotatable bonds is 5. The summed E-state index contributed by atoms with van der Waals surface area (Å²) in [6, 6.07) is 15.0. The second kappa shape index (κ2) is 11.5. The van der Waals surface area contributed by atoms with Crippen LogP contribution in [0.25, 0.3) is 11.3 Å². The first kappa shape index (κ1) is 26.9. The number of carbonyl (C=O) groups is 3. The molecular formula is C27H26Cl2N2O6. The fourth-order valence-corrected chi connectivity index (χ4v) is 4.82. The molecule has 2 aromatic carbocycles. The Labute approximate surface area is 223 Å². The molecule has 1 aromatic heterocycles. The number of carbonyl (C=O) groups excluding carboxylic acids is 2. The van der Waals surface area contributed by atoms with Crippen molar-refractivity contribution >= 4 is 40.9 Å². The number of nitrogens with two attached hydrogens (primary N) is 1. The number of furan rings is 1. The normalized spacial score (nSPS) is 19.2. The number of amides is 1. The lowest BCUT2D eigenvalue weighted by molar-refractivity contribution is -0.137. The van der Waals surface area contributed by atoms with Gasteiger partial charge in [0.15, 0.2) is 5.78 Å². The third-order valence-electron chi connectivity index (χ3n) is 6.36. The van der Waals surface area contributed by atoms with Crippen LogP contribution in [0.15, 0.2) is 59.0 Å². The van der Waals surface area contributed by atoms with E-state index in [1.165, 1.54) is 0 Å². The monoisotopic (exact) mass is 544 g/mol. The fourth-order valence-electron chi connectivity index (χ4n) is 4.50.